The van der Waals surface area contributed by atoms with Crippen LogP contribution >= 0.6 is 15.9 Å². The van der Waals surface area contributed by atoms with E-state index in [1.807, 2.05) is 24.3 Å². The van der Waals surface area contributed by atoms with E-state index in [2.05, 4.69) is 45.3 Å². The van der Waals surface area contributed by atoms with Crippen LogP contribution in [0.4, 0.5) is 5.69 Å². The Hall–Kier alpha value is -3.65. The van der Waals surface area contributed by atoms with Gasteiger partial charge in [-0.2, -0.15) is 10.1 Å². The number of hydrogen-bond donors (Lipinski definition) is 0. The number of nitro groups is 1. The summed E-state index contributed by atoms with van der Waals surface area (Å²) in [6.07, 6.45) is 1.39. The number of hydrazone groups is 1. The molecule has 0 unspecified atom stereocenters. The molecule has 0 aromatic heterocycles. The number of amides is 2. The molecule has 8 heteroatoms. The number of rotatable bonds is 3. The van der Waals surface area contributed by atoms with Crippen molar-refractivity contribution in [2.24, 2.45) is 16.9 Å². The normalized spacial score (nSPS) is 24.7. The Balaban J connectivity index is 1.41. The highest BCUT2D eigenvalue weighted by Gasteiger charge is 2.61. The summed E-state index contributed by atoms with van der Waals surface area (Å²) in [5, 5.41) is 16.2. The van der Waals surface area contributed by atoms with E-state index in [4.69, 9.17) is 0 Å². The van der Waals surface area contributed by atoms with Gasteiger partial charge in [-0.05, 0) is 44.3 Å². The van der Waals surface area contributed by atoms with Crippen LogP contribution in [-0.4, -0.2) is 28.0 Å². The Kier molecular flexibility index (Phi) is 4.35. The topological polar surface area (TPSA) is 92.9 Å². The van der Waals surface area contributed by atoms with Crippen molar-refractivity contribution < 1.29 is 14.5 Å². The van der Waals surface area contributed by atoms with Crippen molar-refractivity contribution in [3.05, 3.63) is 109 Å². The second-order valence-electron chi connectivity index (χ2n) is 8.46. The number of hydrogen-bond acceptors (Lipinski definition) is 5. The first-order chi connectivity index (χ1) is 16.0. The van der Waals surface area contributed by atoms with Gasteiger partial charge < -0.3 is 0 Å². The van der Waals surface area contributed by atoms with E-state index in [1.54, 1.807) is 0 Å². The summed E-state index contributed by atoms with van der Waals surface area (Å²) in [5.41, 5.74) is 4.89. The molecule has 1 fully saturated rings. The Morgan fingerprint density at radius 3 is 1.76 bits per heavy atom. The van der Waals surface area contributed by atoms with Gasteiger partial charge in [0.15, 0.2) is 0 Å². The lowest BCUT2D eigenvalue weighted by Gasteiger charge is -2.45. The lowest BCUT2D eigenvalue weighted by atomic mass is 9.55. The monoisotopic (exact) mass is 501 g/mol. The van der Waals surface area contributed by atoms with Gasteiger partial charge in [-0.3, -0.25) is 19.7 Å². The molecule has 0 spiro atoms. The van der Waals surface area contributed by atoms with Crippen molar-refractivity contribution in [1.29, 1.82) is 0 Å². The molecule has 2 atom stereocenters. The molecule has 7 nitrogen and oxygen atoms in total. The fourth-order valence-corrected chi connectivity index (χ4v) is 6.10. The highest BCUT2D eigenvalue weighted by molar-refractivity contribution is 9.10. The number of imide groups is 1. The SMILES string of the molecule is O=C1[C@@H]2C3c4ccccc4C(c4ccccc43)[C@H]2C(=O)N1/N=C\c1ccc([N+](=O)[O-])cc1Br. The van der Waals surface area contributed by atoms with Crippen LogP contribution in [0.2, 0.25) is 0 Å². The van der Waals surface area contributed by atoms with Gasteiger partial charge in [0.1, 0.15) is 0 Å². The Bertz CT molecular complexity index is 1290. The first-order valence-electron chi connectivity index (χ1n) is 10.5. The molecule has 7 rings (SSSR count). The van der Waals surface area contributed by atoms with Crippen LogP contribution in [0, 0.1) is 22.0 Å². The summed E-state index contributed by atoms with van der Waals surface area (Å²) >= 11 is 3.30. The number of halogens is 1. The predicted octanol–water partition coefficient (Wildman–Crippen LogP) is 4.58. The number of carbonyl (C=O) groups is 2. The molecule has 2 amide bonds. The molecule has 4 aliphatic rings. The van der Waals surface area contributed by atoms with Crippen molar-refractivity contribution in [3.63, 3.8) is 0 Å². The summed E-state index contributed by atoms with van der Waals surface area (Å²) in [7, 11) is 0. The fourth-order valence-electron chi connectivity index (χ4n) is 5.63. The predicted molar refractivity (Wildman–Crippen MR) is 124 cm³/mol. The van der Waals surface area contributed by atoms with E-state index < -0.39 is 16.8 Å². The number of non-ortho nitro benzene ring substituents is 1. The Labute approximate surface area is 197 Å². The maximum absolute atomic E-state index is 13.5. The van der Waals surface area contributed by atoms with E-state index >= 15 is 0 Å². The molecule has 0 saturated carbocycles. The third-order valence-corrected chi connectivity index (χ3v) is 7.62. The van der Waals surface area contributed by atoms with Gasteiger partial charge >= 0.3 is 0 Å². The van der Waals surface area contributed by atoms with Crippen molar-refractivity contribution in [2.75, 3.05) is 0 Å². The molecule has 3 aliphatic carbocycles. The lowest BCUT2D eigenvalue weighted by Crippen LogP contribution is -2.41. The van der Waals surface area contributed by atoms with Gasteiger partial charge in [0.2, 0.25) is 0 Å². The smallest absolute Gasteiger partial charge is 0.270 e. The van der Waals surface area contributed by atoms with E-state index in [1.165, 1.54) is 24.4 Å². The van der Waals surface area contributed by atoms with Crippen LogP contribution in [0.3, 0.4) is 0 Å². The first-order valence-corrected chi connectivity index (χ1v) is 11.3. The molecule has 3 aromatic carbocycles. The van der Waals surface area contributed by atoms with E-state index in [-0.39, 0.29) is 29.3 Å². The van der Waals surface area contributed by atoms with Crippen molar-refractivity contribution in [2.45, 2.75) is 11.8 Å². The second-order valence-corrected chi connectivity index (χ2v) is 9.31. The largest absolute Gasteiger partial charge is 0.272 e. The van der Waals surface area contributed by atoms with E-state index in [0.717, 1.165) is 27.3 Å². The average molecular weight is 502 g/mol. The molecule has 0 radical (unpaired) electrons. The molecule has 0 N–H and O–H groups in total. The van der Waals surface area contributed by atoms with Gasteiger partial charge in [-0.1, -0.05) is 48.5 Å². The lowest BCUT2D eigenvalue weighted by molar-refractivity contribution is -0.384. The molecule has 162 valence electrons. The second kappa shape index (κ2) is 7.18. The molecular weight excluding hydrogens is 486 g/mol. The summed E-state index contributed by atoms with van der Waals surface area (Å²) in [6, 6.07) is 20.3. The van der Waals surface area contributed by atoms with Gasteiger partial charge in [0, 0.05) is 34.0 Å². The Morgan fingerprint density at radius 2 is 1.33 bits per heavy atom. The minimum atomic E-state index is -0.496. The van der Waals surface area contributed by atoms with Gasteiger partial charge in [-0.15, -0.1) is 0 Å². The zero-order chi connectivity index (χ0) is 22.9. The van der Waals surface area contributed by atoms with Crippen LogP contribution in [0.25, 0.3) is 0 Å². The van der Waals surface area contributed by atoms with Crippen molar-refractivity contribution in [1.82, 2.24) is 5.01 Å². The van der Waals surface area contributed by atoms with Gasteiger partial charge in [0.05, 0.1) is 23.0 Å². The van der Waals surface area contributed by atoms with Crippen LogP contribution in [0.15, 0.2) is 76.3 Å². The van der Waals surface area contributed by atoms with Gasteiger partial charge in [0.25, 0.3) is 17.5 Å². The summed E-state index contributed by atoms with van der Waals surface area (Å²) in [4.78, 5) is 37.5. The van der Waals surface area contributed by atoms with Crippen LogP contribution in [-0.2, 0) is 9.59 Å². The third kappa shape index (κ3) is 2.77. The maximum Gasteiger partial charge on any atom is 0.270 e. The fraction of sp³-hybridized carbons (Fsp3) is 0.160. The van der Waals surface area contributed by atoms with Crippen LogP contribution in [0.1, 0.15) is 39.7 Å². The molecule has 3 aromatic rings. The Morgan fingerprint density at radius 1 is 0.848 bits per heavy atom. The third-order valence-electron chi connectivity index (χ3n) is 6.93. The number of nitro benzene ring substituents is 1. The number of benzene rings is 3. The van der Waals surface area contributed by atoms with E-state index in [9.17, 15) is 19.7 Å². The zero-order valence-corrected chi connectivity index (χ0v) is 18.7. The molecular formula is C25H16BrN3O4. The summed E-state index contributed by atoms with van der Waals surface area (Å²) in [5.74, 6) is -1.98. The highest BCUT2D eigenvalue weighted by Crippen LogP contribution is 2.60. The quantitative estimate of drug-likeness (QED) is 0.227. The average Bonchev–Trinajstić information content (AvgIpc) is 3.08. The van der Waals surface area contributed by atoms with Crippen molar-refractivity contribution >= 4 is 39.6 Å². The van der Waals surface area contributed by atoms with Gasteiger partial charge in [-0.25, -0.2) is 0 Å². The molecule has 1 aliphatic heterocycles. The van der Waals surface area contributed by atoms with E-state index in [0.29, 0.717) is 10.0 Å². The molecule has 33 heavy (non-hydrogen) atoms. The van der Waals surface area contributed by atoms with Crippen molar-refractivity contribution in [3.8, 4) is 0 Å². The van der Waals surface area contributed by atoms with Crippen LogP contribution < -0.4 is 0 Å². The highest BCUT2D eigenvalue weighted by atomic mass is 79.9. The molecule has 2 bridgehead atoms. The van der Waals surface area contributed by atoms with Crippen LogP contribution in [0.5, 0.6) is 0 Å². The summed E-state index contributed by atoms with van der Waals surface area (Å²) in [6.45, 7) is 0. The standard InChI is InChI=1S/C25H16BrN3O4/c26-19-11-14(29(32)33)10-9-13(19)12-27-28-24(30)22-20-15-5-1-2-6-16(15)21(23(22)25(28)31)18-8-4-3-7-17(18)20/h1-12,20-23H/b27-12-/t20?,21?,22-,23-/m1/s1. The maximum atomic E-state index is 13.5. The number of nitrogens with zero attached hydrogens (tertiary/aromatic N) is 3. The molecule has 1 saturated heterocycles. The zero-order valence-electron chi connectivity index (χ0n) is 17.1. The first kappa shape index (κ1) is 20.0. The number of carbonyl (C=O) groups excluding carboxylic acids is 2. The summed E-state index contributed by atoms with van der Waals surface area (Å²) < 4.78 is 0.455. The molecule has 1 heterocycles. The minimum absolute atomic E-state index is 0.0644. The minimum Gasteiger partial charge on any atom is -0.272 e.